The van der Waals surface area contributed by atoms with E-state index in [1.807, 2.05) is 32.0 Å². The Morgan fingerprint density at radius 2 is 2.31 bits per heavy atom. The average Bonchev–Trinajstić information content (AvgIpc) is 2.22. The maximum atomic E-state index is 11.3. The van der Waals surface area contributed by atoms with Gasteiger partial charge >= 0.3 is 0 Å². The summed E-state index contributed by atoms with van der Waals surface area (Å²) < 4.78 is 5.65. The first-order valence-corrected chi connectivity index (χ1v) is 5.57. The Balaban J connectivity index is 1.84. The second-order valence-electron chi connectivity index (χ2n) is 4.01. The summed E-state index contributed by atoms with van der Waals surface area (Å²) in [4.78, 5) is 17.4. The van der Waals surface area contributed by atoms with Gasteiger partial charge in [-0.15, -0.1) is 0 Å². The molecular weight excluding hydrogens is 204 g/mol. The van der Waals surface area contributed by atoms with Crippen LogP contribution in [0.3, 0.4) is 0 Å². The molecule has 1 aliphatic rings. The zero-order valence-corrected chi connectivity index (χ0v) is 9.64. The summed E-state index contributed by atoms with van der Waals surface area (Å²) in [5.41, 5.74) is 0.943. The zero-order chi connectivity index (χ0) is 11.5. The molecule has 2 heterocycles. The molecule has 0 radical (unpaired) electrons. The van der Waals surface area contributed by atoms with Crippen LogP contribution in [-0.2, 0) is 4.79 Å². The first kappa shape index (κ1) is 10.9. The Morgan fingerprint density at radius 3 is 2.94 bits per heavy atom. The van der Waals surface area contributed by atoms with Crippen molar-refractivity contribution in [1.29, 1.82) is 0 Å². The zero-order valence-electron chi connectivity index (χ0n) is 9.64. The van der Waals surface area contributed by atoms with Crippen LogP contribution in [-0.4, -0.2) is 35.0 Å². The molecule has 0 aliphatic carbocycles. The van der Waals surface area contributed by atoms with Crippen LogP contribution in [0.4, 0.5) is 0 Å². The topological polar surface area (TPSA) is 42.4 Å². The maximum absolute atomic E-state index is 11.3. The lowest BCUT2D eigenvalue weighted by Gasteiger charge is -2.38. The van der Waals surface area contributed by atoms with Crippen LogP contribution >= 0.6 is 0 Å². The van der Waals surface area contributed by atoms with Gasteiger partial charge in [0.05, 0.1) is 13.1 Å². The van der Waals surface area contributed by atoms with Crippen molar-refractivity contribution in [3.05, 3.63) is 23.9 Å². The van der Waals surface area contributed by atoms with E-state index in [0.29, 0.717) is 25.4 Å². The third-order valence-electron chi connectivity index (χ3n) is 2.65. The van der Waals surface area contributed by atoms with Crippen molar-refractivity contribution in [2.24, 2.45) is 0 Å². The molecular formula is C12H16N2O2. The molecule has 0 unspecified atom stereocenters. The minimum Gasteiger partial charge on any atom is -0.471 e. The number of hydrogen-bond donors (Lipinski definition) is 0. The fourth-order valence-electron chi connectivity index (χ4n) is 1.69. The molecule has 0 spiro atoms. The molecule has 2 rings (SSSR count). The molecule has 0 bridgehead atoms. The van der Waals surface area contributed by atoms with Gasteiger partial charge in [-0.3, -0.25) is 4.79 Å². The number of carbonyl (C=O) groups is 1. The largest absolute Gasteiger partial charge is 0.471 e. The molecule has 1 saturated heterocycles. The minimum absolute atomic E-state index is 0.102. The summed E-state index contributed by atoms with van der Waals surface area (Å²) in [7, 11) is 0. The first-order valence-electron chi connectivity index (χ1n) is 5.57. The number of pyridine rings is 1. The molecule has 1 fully saturated rings. The van der Waals surface area contributed by atoms with Gasteiger partial charge in [0.25, 0.3) is 0 Å². The number of likely N-dealkylation sites (tertiary alicyclic amines) is 1. The summed E-state index contributed by atoms with van der Waals surface area (Å²) >= 11 is 0. The van der Waals surface area contributed by atoms with E-state index in [-0.39, 0.29) is 12.0 Å². The molecule has 0 N–H and O–H groups in total. The predicted octanol–water partition coefficient (Wildman–Crippen LogP) is 1.39. The Bertz CT molecular complexity index is 386. The van der Waals surface area contributed by atoms with Crippen LogP contribution in [0.2, 0.25) is 0 Å². The predicted molar refractivity (Wildman–Crippen MR) is 60.3 cm³/mol. The molecule has 1 amide bonds. The van der Waals surface area contributed by atoms with Crippen molar-refractivity contribution in [2.45, 2.75) is 26.4 Å². The van der Waals surface area contributed by atoms with Gasteiger partial charge in [0, 0.05) is 18.2 Å². The molecule has 4 heteroatoms. The van der Waals surface area contributed by atoms with Crippen LogP contribution in [0.5, 0.6) is 5.88 Å². The number of carbonyl (C=O) groups excluding carboxylic acids is 1. The van der Waals surface area contributed by atoms with E-state index in [0.717, 1.165) is 5.69 Å². The number of ether oxygens (including phenoxy) is 1. The minimum atomic E-state index is 0.102. The summed E-state index contributed by atoms with van der Waals surface area (Å²) in [6, 6.07) is 5.70. The summed E-state index contributed by atoms with van der Waals surface area (Å²) in [6.45, 7) is 5.17. The molecule has 4 nitrogen and oxygen atoms in total. The molecule has 1 aromatic rings. The van der Waals surface area contributed by atoms with Crippen molar-refractivity contribution in [3.8, 4) is 5.88 Å². The number of amides is 1. The lowest BCUT2D eigenvalue weighted by molar-refractivity contribution is -0.139. The lowest BCUT2D eigenvalue weighted by Crippen LogP contribution is -2.56. The maximum Gasteiger partial charge on any atom is 0.222 e. The standard InChI is InChI=1S/C12H16N2O2/c1-3-12(15)14-7-10(8-14)16-11-6-4-5-9(2)13-11/h4-6,10H,3,7-8H2,1-2H3. The van der Waals surface area contributed by atoms with E-state index in [1.165, 1.54) is 0 Å². The number of hydrogen-bond acceptors (Lipinski definition) is 3. The fourth-order valence-corrected chi connectivity index (χ4v) is 1.69. The van der Waals surface area contributed by atoms with Crippen LogP contribution in [0, 0.1) is 6.92 Å². The van der Waals surface area contributed by atoms with Gasteiger partial charge in [0.15, 0.2) is 0 Å². The van der Waals surface area contributed by atoms with Gasteiger partial charge in [0.2, 0.25) is 11.8 Å². The van der Waals surface area contributed by atoms with Crippen molar-refractivity contribution in [2.75, 3.05) is 13.1 Å². The fraction of sp³-hybridized carbons (Fsp3) is 0.500. The van der Waals surface area contributed by atoms with Gasteiger partial charge in [-0.2, -0.15) is 0 Å². The van der Waals surface area contributed by atoms with Crippen molar-refractivity contribution in [1.82, 2.24) is 9.88 Å². The van der Waals surface area contributed by atoms with E-state index in [1.54, 1.807) is 4.90 Å². The van der Waals surface area contributed by atoms with Crippen LogP contribution in [0.1, 0.15) is 19.0 Å². The van der Waals surface area contributed by atoms with E-state index in [4.69, 9.17) is 4.74 Å². The van der Waals surface area contributed by atoms with Crippen LogP contribution in [0.15, 0.2) is 18.2 Å². The summed E-state index contributed by atoms with van der Waals surface area (Å²) in [6.07, 6.45) is 0.667. The highest BCUT2D eigenvalue weighted by atomic mass is 16.5. The third kappa shape index (κ3) is 2.32. The molecule has 86 valence electrons. The number of aromatic nitrogens is 1. The Hall–Kier alpha value is -1.58. The average molecular weight is 220 g/mol. The van der Waals surface area contributed by atoms with Gasteiger partial charge in [-0.1, -0.05) is 13.0 Å². The molecule has 1 aromatic heterocycles. The normalized spacial score (nSPS) is 15.8. The Kier molecular flexibility index (Phi) is 3.08. The number of nitrogens with zero attached hydrogens (tertiary/aromatic N) is 2. The van der Waals surface area contributed by atoms with Crippen molar-refractivity contribution < 1.29 is 9.53 Å². The summed E-state index contributed by atoms with van der Waals surface area (Å²) in [5, 5.41) is 0. The molecule has 0 atom stereocenters. The van der Waals surface area contributed by atoms with E-state index >= 15 is 0 Å². The monoisotopic (exact) mass is 220 g/mol. The lowest BCUT2D eigenvalue weighted by atomic mass is 10.1. The number of rotatable bonds is 3. The molecule has 1 aliphatic heterocycles. The molecule has 0 saturated carbocycles. The molecule has 16 heavy (non-hydrogen) atoms. The van der Waals surface area contributed by atoms with E-state index in [9.17, 15) is 4.79 Å². The van der Waals surface area contributed by atoms with Crippen molar-refractivity contribution in [3.63, 3.8) is 0 Å². The Labute approximate surface area is 95.2 Å². The first-order chi connectivity index (χ1) is 7.69. The van der Waals surface area contributed by atoms with Crippen LogP contribution < -0.4 is 4.74 Å². The second-order valence-corrected chi connectivity index (χ2v) is 4.01. The van der Waals surface area contributed by atoms with Gasteiger partial charge in [-0.05, 0) is 13.0 Å². The highest BCUT2D eigenvalue weighted by Gasteiger charge is 2.31. The summed E-state index contributed by atoms with van der Waals surface area (Å²) in [5.74, 6) is 0.839. The third-order valence-corrected chi connectivity index (χ3v) is 2.65. The second kappa shape index (κ2) is 4.51. The highest BCUT2D eigenvalue weighted by Crippen LogP contribution is 2.16. The quantitative estimate of drug-likeness (QED) is 0.773. The highest BCUT2D eigenvalue weighted by molar-refractivity contribution is 5.76. The van der Waals surface area contributed by atoms with E-state index < -0.39 is 0 Å². The van der Waals surface area contributed by atoms with Gasteiger partial charge < -0.3 is 9.64 Å². The van der Waals surface area contributed by atoms with Crippen LogP contribution in [0.25, 0.3) is 0 Å². The van der Waals surface area contributed by atoms with Crippen molar-refractivity contribution >= 4 is 5.91 Å². The Morgan fingerprint density at radius 1 is 1.56 bits per heavy atom. The molecule has 0 aromatic carbocycles. The SMILES string of the molecule is CCC(=O)N1CC(Oc2cccc(C)n2)C1. The number of aryl methyl sites for hydroxylation is 1. The van der Waals surface area contributed by atoms with Gasteiger partial charge in [-0.25, -0.2) is 4.98 Å². The van der Waals surface area contributed by atoms with E-state index in [2.05, 4.69) is 4.98 Å². The van der Waals surface area contributed by atoms with Gasteiger partial charge in [0.1, 0.15) is 6.10 Å². The smallest absolute Gasteiger partial charge is 0.222 e.